The summed E-state index contributed by atoms with van der Waals surface area (Å²) < 4.78 is 7.36. The minimum absolute atomic E-state index is 0.603. The smallest absolute Gasteiger partial charge is 0.164 e. The van der Waals surface area contributed by atoms with E-state index in [1.807, 2.05) is 0 Å². The van der Waals surface area contributed by atoms with Crippen LogP contribution in [0.1, 0.15) is 0 Å². The molecule has 6 heteroatoms. The fourth-order valence-corrected chi connectivity index (χ4v) is 13.5. The van der Waals surface area contributed by atoms with Gasteiger partial charge in [-0.15, -0.1) is 22.7 Å². The molecule has 15 aromatic rings. The van der Waals surface area contributed by atoms with E-state index >= 15 is 0 Å². The third-order valence-electron chi connectivity index (χ3n) is 14.7. The number of hydrogen-bond donors (Lipinski definition) is 0. The molecule has 0 spiro atoms. The van der Waals surface area contributed by atoms with Gasteiger partial charge in [0.2, 0.25) is 0 Å². The fraction of sp³-hybridized carbons (Fsp3) is 0. The summed E-state index contributed by atoms with van der Waals surface area (Å²) in [5.41, 5.74) is 15.2. The van der Waals surface area contributed by atoms with Crippen molar-refractivity contribution >= 4 is 84.8 Å². The van der Waals surface area contributed by atoms with Crippen LogP contribution in [0.5, 0.6) is 0 Å². The number of benzene rings is 11. The predicted octanol–water partition coefficient (Wildman–Crippen LogP) is 19.4. The first-order valence-corrected chi connectivity index (χ1v) is 26.9. The van der Waals surface area contributed by atoms with E-state index < -0.39 is 0 Å². The molecule has 0 N–H and O–H groups in total. The van der Waals surface area contributed by atoms with Crippen LogP contribution in [0.15, 0.2) is 255 Å². The monoisotopic (exact) mass is 990 g/mol. The number of aromatic nitrogens is 4. The minimum Gasteiger partial charge on any atom is -0.308 e. The molecule has 0 saturated heterocycles. The van der Waals surface area contributed by atoms with Crippen LogP contribution in [0, 0.1) is 0 Å². The molecule has 0 amide bonds. The Morgan fingerprint density at radius 2 is 0.640 bits per heavy atom. The van der Waals surface area contributed by atoms with Gasteiger partial charge in [0.1, 0.15) is 0 Å². The first kappa shape index (κ1) is 43.3. The molecule has 11 aromatic carbocycles. The van der Waals surface area contributed by atoms with Crippen LogP contribution in [-0.2, 0) is 0 Å². The lowest BCUT2D eigenvalue weighted by atomic mass is 9.92. The average Bonchev–Trinajstić information content (AvgIpc) is 4.20. The molecule has 4 nitrogen and oxygen atoms in total. The van der Waals surface area contributed by atoms with Gasteiger partial charge in [0.15, 0.2) is 17.5 Å². The van der Waals surface area contributed by atoms with Crippen molar-refractivity contribution in [2.45, 2.75) is 0 Å². The quantitative estimate of drug-likeness (QED) is 0.152. The van der Waals surface area contributed by atoms with Crippen molar-refractivity contribution in [3.8, 4) is 84.4 Å². The Bertz CT molecular complexity index is 4400. The summed E-state index contributed by atoms with van der Waals surface area (Å²) in [6, 6.07) is 91.9. The van der Waals surface area contributed by atoms with Crippen molar-refractivity contribution in [2.75, 3.05) is 0 Å². The SMILES string of the molecule is c1ccc(-c2ccc3c(c2)c2cc(-c4ccccc4)ccc2n3-c2c(-c3ccccc3)cc(-c3nc(-c4cccc5sc6ccccc6c45)nc(-c4cccc5sc6ccccc6c45)n3)cc2-c2ccccc2)cc1. The zero-order valence-electron chi connectivity index (χ0n) is 40.4. The standard InChI is InChI=1S/C69H42N4S2/c1-5-19-43(20-6-1)47-35-37-58-56(39-47)57-40-48(44-21-7-2-8-22-44)36-38-59(57)73(58)66-54(45-23-9-3-10-24-45)41-49(42-55(66)46-25-11-4-12-26-46)67-70-68(52-29-17-33-62-64(52)50-27-13-15-31-60(50)74-62)72-69(71-67)53-30-18-34-63-65(53)51-28-14-16-32-61(51)75-63/h1-42H. The summed E-state index contributed by atoms with van der Waals surface area (Å²) in [5.74, 6) is 1.88. The van der Waals surface area contributed by atoms with Crippen LogP contribution in [-0.4, -0.2) is 19.5 Å². The first-order chi connectivity index (χ1) is 37.2. The molecular formula is C69H42N4S2. The fourth-order valence-electron chi connectivity index (χ4n) is 11.2. The highest BCUT2D eigenvalue weighted by molar-refractivity contribution is 7.26. The normalized spacial score (nSPS) is 11.7. The maximum absolute atomic E-state index is 5.58. The summed E-state index contributed by atoms with van der Waals surface area (Å²) in [6.45, 7) is 0. The van der Waals surface area contributed by atoms with Gasteiger partial charge in [-0.05, 0) is 94.0 Å². The maximum atomic E-state index is 5.58. The van der Waals surface area contributed by atoms with Gasteiger partial charge in [0.25, 0.3) is 0 Å². The zero-order valence-corrected chi connectivity index (χ0v) is 42.0. The van der Waals surface area contributed by atoms with Gasteiger partial charge in [-0.1, -0.05) is 194 Å². The van der Waals surface area contributed by atoms with Crippen molar-refractivity contribution in [2.24, 2.45) is 0 Å². The van der Waals surface area contributed by atoms with E-state index in [1.54, 1.807) is 22.7 Å². The van der Waals surface area contributed by atoms with Crippen molar-refractivity contribution < 1.29 is 0 Å². The van der Waals surface area contributed by atoms with E-state index in [2.05, 4.69) is 259 Å². The van der Waals surface area contributed by atoms with Crippen molar-refractivity contribution in [1.82, 2.24) is 19.5 Å². The third-order valence-corrected chi connectivity index (χ3v) is 16.9. The molecule has 0 aliphatic heterocycles. The highest BCUT2D eigenvalue weighted by Crippen LogP contribution is 2.47. The molecule has 0 unspecified atom stereocenters. The minimum atomic E-state index is 0.603. The van der Waals surface area contributed by atoms with E-state index in [4.69, 9.17) is 15.0 Å². The third kappa shape index (κ3) is 7.29. The maximum Gasteiger partial charge on any atom is 0.164 e. The number of thiophene rings is 2. The van der Waals surface area contributed by atoms with Crippen LogP contribution in [0.25, 0.3) is 147 Å². The molecule has 0 atom stereocenters. The second-order valence-corrected chi connectivity index (χ2v) is 21.2. The highest BCUT2D eigenvalue weighted by Gasteiger charge is 2.25. The second kappa shape index (κ2) is 17.7. The van der Waals surface area contributed by atoms with Gasteiger partial charge >= 0.3 is 0 Å². The molecule has 0 saturated carbocycles. The van der Waals surface area contributed by atoms with Crippen molar-refractivity contribution in [3.05, 3.63) is 255 Å². The first-order valence-electron chi connectivity index (χ1n) is 25.2. The van der Waals surface area contributed by atoms with Gasteiger partial charge in [-0.3, -0.25) is 0 Å². The summed E-state index contributed by atoms with van der Waals surface area (Å²) in [7, 11) is 0. The molecule has 350 valence electrons. The van der Waals surface area contributed by atoms with Crippen molar-refractivity contribution in [1.29, 1.82) is 0 Å². The molecule has 0 radical (unpaired) electrons. The average molecular weight is 991 g/mol. The predicted molar refractivity (Wildman–Crippen MR) is 318 cm³/mol. The van der Waals surface area contributed by atoms with E-state index in [0.717, 1.165) is 66.4 Å². The lowest BCUT2D eigenvalue weighted by Gasteiger charge is -2.21. The Morgan fingerprint density at radius 3 is 1.09 bits per heavy atom. The van der Waals surface area contributed by atoms with Crippen LogP contribution in [0.3, 0.4) is 0 Å². The van der Waals surface area contributed by atoms with Crippen LogP contribution in [0.4, 0.5) is 0 Å². The van der Waals surface area contributed by atoms with Gasteiger partial charge in [-0.25, -0.2) is 15.0 Å². The number of fused-ring (bicyclic) bond motifs is 9. The van der Waals surface area contributed by atoms with Gasteiger partial charge < -0.3 is 4.57 Å². The molecule has 15 rings (SSSR count). The lowest BCUT2D eigenvalue weighted by Crippen LogP contribution is -2.04. The van der Waals surface area contributed by atoms with E-state index in [9.17, 15) is 0 Å². The summed E-state index contributed by atoms with van der Waals surface area (Å²) in [5, 5.41) is 7.07. The number of nitrogens with zero attached hydrogens (tertiary/aromatic N) is 4. The van der Waals surface area contributed by atoms with Gasteiger partial charge in [-0.2, -0.15) is 0 Å². The number of rotatable bonds is 8. The van der Waals surface area contributed by atoms with Crippen LogP contribution in [0.2, 0.25) is 0 Å². The van der Waals surface area contributed by atoms with E-state index in [1.165, 1.54) is 62.6 Å². The molecule has 75 heavy (non-hydrogen) atoms. The molecule has 4 aromatic heterocycles. The molecule has 0 bridgehead atoms. The molecule has 0 aliphatic carbocycles. The van der Waals surface area contributed by atoms with Gasteiger partial charge in [0.05, 0.1) is 16.7 Å². The summed E-state index contributed by atoms with van der Waals surface area (Å²) in [6.07, 6.45) is 0. The highest BCUT2D eigenvalue weighted by atomic mass is 32.1. The Kier molecular flexibility index (Phi) is 10.2. The largest absolute Gasteiger partial charge is 0.308 e. The molecular weight excluding hydrogens is 949 g/mol. The Morgan fingerprint density at radius 1 is 0.253 bits per heavy atom. The van der Waals surface area contributed by atoms with Crippen molar-refractivity contribution in [3.63, 3.8) is 0 Å². The van der Waals surface area contributed by atoms with Crippen LogP contribution >= 0.6 is 22.7 Å². The lowest BCUT2D eigenvalue weighted by molar-refractivity contribution is 1.08. The van der Waals surface area contributed by atoms with Gasteiger partial charge in [0, 0.05) is 78.9 Å². The molecule has 0 fully saturated rings. The Hall–Kier alpha value is -9.33. The zero-order chi connectivity index (χ0) is 49.4. The molecule has 4 heterocycles. The molecule has 0 aliphatic rings. The van der Waals surface area contributed by atoms with Crippen LogP contribution < -0.4 is 0 Å². The summed E-state index contributed by atoms with van der Waals surface area (Å²) in [4.78, 5) is 16.7. The Balaban J connectivity index is 1.04. The van der Waals surface area contributed by atoms with E-state index in [0.29, 0.717) is 17.5 Å². The second-order valence-electron chi connectivity index (χ2n) is 19.0. The Labute approximate surface area is 440 Å². The summed E-state index contributed by atoms with van der Waals surface area (Å²) >= 11 is 3.61. The topological polar surface area (TPSA) is 43.6 Å². The van der Waals surface area contributed by atoms with E-state index in [-0.39, 0.29) is 0 Å². The number of hydrogen-bond acceptors (Lipinski definition) is 5.